The second kappa shape index (κ2) is 12.0. The van der Waals surface area contributed by atoms with Crippen LogP contribution in [0.4, 0.5) is 0 Å². The van der Waals surface area contributed by atoms with Gasteiger partial charge < -0.3 is 14.2 Å². The Morgan fingerprint density at radius 1 is 0.697 bits per heavy atom. The number of nitrogens with zero attached hydrogens (tertiary/aromatic N) is 2. The van der Waals surface area contributed by atoms with Crippen LogP contribution >= 0.6 is 0 Å². The molecule has 1 aliphatic rings. The Kier molecular flexibility index (Phi) is 8.79. The summed E-state index contributed by atoms with van der Waals surface area (Å²) < 4.78 is 18.1. The van der Waals surface area contributed by atoms with Crippen LogP contribution in [0.1, 0.15) is 70.4 Å². The molecule has 0 atom stereocenters. The Morgan fingerprint density at radius 2 is 1.27 bits per heavy atom. The van der Waals surface area contributed by atoms with Crippen LogP contribution in [0, 0.1) is 22.7 Å². The average molecular weight is 445 g/mol. The monoisotopic (exact) mass is 444 g/mol. The first-order chi connectivity index (χ1) is 16.2. The van der Waals surface area contributed by atoms with E-state index in [0.29, 0.717) is 31.1 Å². The van der Waals surface area contributed by atoms with Crippen molar-refractivity contribution in [3.63, 3.8) is 0 Å². The summed E-state index contributed by atoms with van der Waals surface area (Å²) in [7, 11) is 0. The van der Waals surface area contributed by atoms with E-state index < -0.39 is 0 Å². The molecule has 0 spiro atoms. The highest BCUT2D eigenvalue weighted by atomic mass is 16.5. The molecule has 5 heteroatoms. The molecular weight excluding hydrogens is 412 g/mol. The van der Waals surface area contributed by atoms with Gasteiger partial charge in [0, 0.05) is 17.2 Å². The van der Waals surface area contributed by atoms with Crippen LogP contribution in [0.2, 0.25) is 0 Å². The summed E-state index contributed by atoms with van der Waals surface area (Å²) in [6, 6.07) is 13.9. The highest BCUT2D eigenvalue weighted by molar-refractivity contribution is 6.06. The highest BCUT2D eigenvalue weighted by Crippen LogP contribution is 2.52. The van der Waals surface area contributed by atoms with Gasteiger partial charge in [-0.05, 0) is 60.2 Å². The van der Waals surface area contributed by atoms with E-state index in [4.69, 9.17) is 14.2 Å². The maximum absolute atomic E-state index is 9.74. The van der Waals surface area contributed by atoms with Gasteiger partial charge >= 0.3 is 0 Å². The lowest BCUT2D eigenvalue weighted by molar-refractivity contribution is 0.295. The molecule has 0 amide bonds. The van der Waals surface area contributed by atoms with Crippen LogP contribution in [-0.4, -0.2) is 19.8 Å². The fourth-order valence-electron chi connectivity index (χ4n) is 3.85. The van der Waals surface area contributed by atoms with E-state index in [1.807, 2.05) is 30.3 Å². The minimum absolute atomic E-state index is 0.0749. The molecule has 2 aromatic carbocycles. The molecule has 0 N–H and O–H groups in total. The Morgan fingerprint density at radius 3 is 1.88 bits per heavy atom. The second-order valence-corrected chi connectivity index (χ2v) is 8.13. The van der Waals surface area contributed by atoms with Crippen molar-refractivity contribution in [2.24, 2.45) is 0 Å². The second-order valence-electron chi connectivity index (χ2n) is 8.13. The van der Waals surface area contributed by atoms with Crippen molar-refractivity contribution in [1.82, 2.24) is 0 Å². The lowest BCUT2D eigenvalue weighted by atomic mass is 9.98. The van der Waals surface area contributed by atoms with Crippen LogP contribution in [0.5, 0.6) is 17.2 Å². The lowest BCUT2D eigenvalue weighted by Gasteiger charge is -2.15. The van der Waals surface area contributed by atoms with E-state index in [2.05, 4.69) is 32.9 Å². The first-order valence-electron chi connectivity index (χ1n) is 11.9. The summed E-state index contributed by atoms with van der Waals surface area (Å²) in [5, 5.41) is 19.5. The number of rotatable bonds is 12. The minimum atomic E-state index is 0.0749. The van der Waals surface area contributed by atoms with Gasteiger partial charge in [-0.25, -0.2) is 0 Å². The first-order valence-corrected chi connectivity index (χ1v) is 11.9. The quantitative estimate of drug-likeness (QED) is 0.221. The maximum atomic E-state index is 9.74. The number of allylic oxidation sites excluding steroid dienone is 1. The van der Waals surface area contributed by atoms with Gasteiger partial charge in [-0.15, -0.1) is 0 Å². The van der Waals surface area contributed by atoms with Gasteiger partial charge in [-0.1, -0.05) is 40.0 Å². The van der Waals surface area contributed by atoms with E-state index in [0.717, 1.165) is 72.3 Å². The van der Waals surface area contributed by atoms with E-state index in [1.54, 1.807) is 0 Å². The topological polar surface area (TPSA) is 75.3 Å². The molecule has 0 aromatic heterocycles. The molecule has 3 rings (SSSR count). The summed E-state index contributed by atoms with van der Waals surface area (Å²) in [6.07, 6.45) is 5.98. The number of unbranched alkanes of at least 4 members (excludes halogenated alkanes) is 3. The minimum Gasteiger partial charge on any atom is -0.494 e. The Hall–Kier alpha value is -3.44. The van der Waals surface area contributed by atoms with E-state index in [1.165, 1.54) is 0 Å². The number of hydrogen-bond acceptors (Lipinski definition) is 5. The van der Waals surface area contributed by atoms with Crippen LogP contribution < -0.4 is 14.2 Å². The fourth-order valence-corrected chi connectivity index (χ4v) is 3.85. The molecule has 172 valence electrons. The third kappa shape index (κ3) is 5.49. The van der Waals surface area contributed by atoms with Gasteiger partial charge in [0.2, 0.25) is 0 Å². The predicted molar refractivity (Wildman–Crippen MR) is 130 cm³/mol. The van der Waals surface area contributed by atoms with E-state index in [9.17, 15) is 10.5 Å². The molecule has 0 heterocycles. The van der Waals surface area contributed by atoms with Crippen molar-refractivity contribution >= 4 is 5.57 Å². The first kappa shape index (κ1) is 24.2. The van der Waals surface area contributed by atoms with E-state index >= 15 is 0 Å². The van der Waals surface area contributed by atoms with Gasteiger partial charge in [0.05, 0.1) is 19.8 Å². The number of benzene rings is 2. The summed E-state index contributed by atoms with van der Waals surface area (Å²) in [4.78, 5) is 0. The molecule has 0 fully saturated rings. The summed E-state index contributed by atoms with van der Waals surface area (Å²) >= 11 is 0. The highest BCUT2D eigenvalue weighted by Gasteiger charge is 2.31. The molecular formula is C28H32N2O3. The Balaban J connectivity index is 2.15. The molecule has 0 radical (unpaired) electrons. The van der Waals surface area contributed by atoms with Crippen molar-refractivity contribution in [2.45, 2.75) is 59.3 Å². The standard InChI is InChI=1S/C28H32N2O3/c1-4-7-12-31-21-10-11-23-24(15-21)27(20(18-29)19-30)25-16-22(32-13-8-5-2)17-26(28(23)25)33-14-9-6-3/h10-11,15-17H,4-9,12-14H2,1-3H3. The van der Waals surface area contributed by atoms with Gasteiger partial charge in [-0.3, -0.25) is 0 Å². The third-order valence-corrected chi connectivity index (χ3v) is 5.64. The van der Waals surface area contributed by atoms with Gasteiger partial charge in [0.15, 0.2) is 0 Å². The molecule has 0 bridgehead atoms. The number of nitriles is 2. The van der Waals surface area contributed by atoms with Crippen molar-refractivity contribution in [2.75, 3.05) is 19.8 Å². The van der Waals surface area contributed by atoms with Crippen LogP contribution in [0.15, 0.2) is 35.9 Å². The molecule has 2 aromatic rings. The lowest BCUT2D eigenvalue weighted by Crippen LogP contribution is -2.01. The van der Waals surface area contributed by atoms with Crippen molar-refractivity contribution in [1.29, 1.82) is 10.5 Å². The molecule has 0 saturated heterocycles. The van der Waals surface area contributed by atoms with Crippen LogP contribution in [0.3, 0.4) is 0 Å². The SMILES string of the molecule is CCCCOc1ccc2c(c1)C(=C(C#N)C#N)c1cc(OCCCC)cc(OCCCC)c1-2. The summed E-state index contributed by atoms with van der Waals surface area (Å²) in [5.74, 6) is 2.14. The zero-order chi connectivity index (χ0) is 23.6. The molecule has 5 nitrogen and oxygen atoms in total. The normalized spacial score (nSPS) is 11.2. The van der Waals surface area contributed by atoms with Crippen molar-refractivity contribution in [3.8, 4) is 40.5 Å². The van der Waals surface area contributed by atoms with Gasteiger partial charge in [-0.2, -0.15) is 10.5 Å². The number of ether oxygens (including phenoxy) is 3. The van der Waals surface area contributed by atoms with Crippen molar-refractivity contribution < 1.29 is 14.2 Å². The molecule has 33 heavy (non-hydrogen) atoms. The summed E-state index contributed by atoms with van der Waals surface area (Å²) in [5.41, 5.74) is 4.16. The third-order valence-electron chi connectivity index (χ3n) is 5.64. The molecule has 0 aliphatic heterocycles. The van der Waals surface area contributed by atoms with Crippen LogP contribution in [0.25, 0.3) is 16.7 Å². The largest absolute Gasteiger partial charge is 0.494 e. The Bertz CT molecular complexity index is 1070. The van der Waals surface area contributed by atoms with Crippen molar-refractivity contribution in [3.05, 3.63) is 47.0 Å². The zero-order valence-electron chi connectivity index (χ0n) is 19.9. The van der Waals surface area contributed by atoms with Crippen LogP contribution in [-0.2, 0) is 0 Å². The molecule has 0 saturated carbocycles. The maximum Gasteiger partial charge on any atom is 0.138 e. The average Bonchev–Trinajstić information content (AvgIpc) is 3.14. The van der Waals surface area contributed by atoms with E-state index in [-0.39, 0.29) is 5.57 Å². The zero-order valence-corrected chi connectivity index (χ0v) is 19.9. The van der Waals surface area contributed by atoms with Gasteiger partial charge in [0.25, 0.3) is 0 Å². The smallest absolute Gasteiger partial charge is 0.138 e. The predicted octanol–water partition coefficient (Wildman–Crippen LogP) is 7.05. The Labute approximate surface area is 197 Å². The van der Waals surface area contributed by atoms with Gasteiger partial charge in [0.1, 0.15) is 35.0 Å². The fraction of sp³-hybridized carbons (Fsp3) is 0.429. The number of hydrogen-bond donors (Lipinski definition) is 0. The summed E-state index contributed by atoms with van der Waals surface area (Å²) in [6.45, 7) is 8.20. The number of fused-ring (bicyclic) bond motifs is 3. The molecule has 1 aliphatic carbocycles. The molecule has 0 unspecified atom stereocenters.